The van der Waals surface area contributed by atoms with E-state index in [2.05, 4.69) is 112 Å². The summed E-state index contributed by atoms with van der Waals surface area (Å²) in [6.45, 7) is 29.8. The van der Waals surface area contributed by atoms with Crippen LogP contribution in [0.1, 0.15) is 0 Å². The summed E-state index contributed by atoms with van der Waals surface area (Å²) in [5, 5.41) is 0. The van der Waals surface area contributed by atoms with Crippen molar-refractivity contribution in [1.29, 1.82) is 0 Å². The van der Waals surface area contributed by atoms with Gasteiger partial charge in [0.2, 0.25) is 0 Å². The number of hydrogen-bond donors (Lipinski definition) is 0. The van der Waals surface area contributed by atoms with E-state index in [1.54, 1.807) is 0 Å². The molecular weight excluding hydrogens is 457 g/mol. The molecule has 0 saturated heterocycles. The van der Waals surface area contributed by atoms with Crippen LogP contribution in [0.15, 0.2) is 0 Å². The highest BCUT2D eigenvalue weighted by Crippen LogP contribution is 2.24. The van der Waals surface area contributed by atoms with Crippen LogP contribution in [0, 0.1) is 33.3 Å². The summed E-state index contributed by atoms with van der Waals surface area (Å²) in [5.41, 5.74) is 23.2. The van der Waals surface area contributed by atoms with Gasteiger partial charge in [0, 0.05) is 0 Å². The molecule has 0 bridgehead atoms. The van der Waals surface area contributed by atoms with Crippen LogP contribution in [0.2, 0.25) is 115 Å². The Morgan fingerprint density at radius 3 is 0.467 bits per heavy atom. The van der Waals surface area contributed by atoms with Crippen LogP contribution in [0.3, 0.4) is 0 Å². The first kappa shape index (κ1) is 28.0. The molecule has 0 amide bonds. The molecule has 0 aromatic rings. The second-order valence-corrected chi connectivity index (χ2v) is 40.7. The van der Waals surface area contributed by atoms with Gasteiger partial charge in [-0.3, -0.25) is 0 Å². The van der Waals surface area contributed by atoms with Crippen molar-refractivity contribution in [1.82, 2.24) is 0 Å². The van der Waals surface area contributed by atoms with E-state index in [0.29, 0.717) is 0 Å². The third-order valence-corrected chi connectivity index (χ3v) is 22.4. The summed E-state index contributed by atoms with van der Waals surface area (Å²) in [4.78, 5) is 0. The lowest BCUT2D eigenvalue weighted by atomic mass is 10.9. The summed E-state index contributed by atoms with van der Waals surface area (Å²) in [5.74, 6) is 0. The van der Waals surface area contributed by atoms with Crippen LogP contribution < -0.4 is 0 Å². The Labute approximate surface area is 195 Å². The van der Waals surface area contributed by atoms with Crippen LogP contribution in [0.4, 0.5) is 0 Å². The van der Waals surface area contributed by atoms with Gasteiger partial charge < -0.3 is 0 Å². The molecule has 0 N–H and O–H groups in total. The van der Waals surface area contributed by atoms with Crippen molar-refractivity contribution in [3.8, 4) is 33.3 Å². The average Bonchev–Trinajstić information content (AvgIpc) is 2.60. The van der Waals surface area contributed by atoms with Crippen molar-refractivity contribution < 1.29 is 0 Å². The lowest BCUT2D eigenvalue weighted by molar-refractivity contribution is 1.30. The molecule has 0 aliphatic carbocycles. The van der Waals surface area contributed by atoms with Gasteiger partial charge in [-0.2, -0.15) is 0 Å². The molecule has 0 fully saturated rings. The fraction of sp³-hybridized carbons (Fsp3) is 0.750. The van der Waals surface area contributed by atoms with Crippen molar-refractivity contribution in [2.45, 2.75) is 115 Å². The number of rotatable bonds is 0. The molecule has 1 heterocycles. The molecule has 0 radical (unpaired) electrons. The largest absolute Gasteiger partial charge is 0.139 e. The van der Waals surface area contributed by atoms with Gasteiger partial charge in [-0.25, -0.2) is 0 Å². The van der Waals surface area contributed by atoms with Crippen LogP contribution >= 0.6 is 0 Å². The Morgan fingerprint density at radius 2 is 0.367 bits per heavy atom. The molecule has 0 atom stereocenters. The van der Waals surface area contributed by atoms with Gasteiger partial charge in [0.1, 0.15) is 48.4 Å². The zero-order valence-corrected chi connectivity index (χ0v) is 28.2. The summed E-state index contributed by atoms with van der Waals surface area (Å²) < 4.78 is 0. The second-order valence-electron chi connectivity index (χ2n) is 13.6. The minimum absolute atomic E-state index is 1.33. The quantitative estimate of drug-likeness (QED) is 0.237. The fourth-order valence-corrected chi connectivity index (χ4v) is 27.1. The van der Waals surface area contributed by atoms with Gasteiger partial charge >= 0.3 is 0 Å². The van der Waals surface area contributed by atoms with Gasteiger partial charge in [0.15, 0.2) is 0 Å². The first-order valence-corrected chi connectivity index (χ1v) is 31.1. The Kier molecular flexibility index (Phi) is 9.20. The Hall–Kier alpha value is -0.0187. The molecule has 1 aliphatic heterocycles. The molecule has 1 aliphatic rings. The van der Waals surface area contributed by atoms with Crippen molar-refractivity contribution >= 4 is 48.4 Å². The molecule has 0 saturated carbocycles. The molecular formula is C24H48Si6. The van der Waals surface area contributed by atoms with E-state index in [1.165, 1.54) is 36.3 Å². The van der Waals surface area contributed by atoms with Gasteiger partial charge in [-0.1, -0.05) is 78.6 Å². The summed E-state index contributed by atoms with van der Waals surface area (Å²) in [6, 6.07) is 7.95. The number of hydrogen-bond acceptors (Lipinski definition) is 0. The zero-order chi connectivity index (χ0) is 23.5. The maximum absolute atomic E-state index is 3.87. The van der Waals surface area contributed by atoms with Gasteiger partial charge in [-0.05, 0) is 36.3 Å². The van der Waals surface area contributed by atoms with E-state index in [4.69, 9.17) is 0 Å². The van der Waals surface area contributed by atoms with Gasteiger partial charge in [0.05, 0.1) is 0 Å². The van der Waals surface area contributed by atoms with E-state index >= 15 is 0 Å². The normalized spacial score (nSPS) is 26.8. The molecule has 30 heavy (non-hydrogen) atoms. The summed E-state index contributed by atoms with van der Waals surface area (Å²) in [6.07, 6.45) is 0. The smallest absolute Gasteiger partial charge is 0.131 e. The highest BCUT2D eigenvalue weighted by molar-refractivity contribution is 6.96. The first-order valence-electron chi connectivity index (χ1n) is 11.9. The van der Waals surface area contributed by atoms with Gasteiger partial charge in [-0.15, -0.1) is 33.3 Å². The molecule has 0 unspecified atom stereocenters. The van der Waals surface area contributed by atoms with Crippen molar-refractivity contribution in [2.24, 2.45) is 0 Å². The van der Waals surface area contributed by atoms with Crippen LogP contribution in [-0.2, 0) is 0 Å². The lowest BCUT2D eigenvalue weighted by Crippen LogP contribution is -2.36. The maximum atomic E-state index is 3.87. The average molecular weight is 505 g/mol. The highest BCUT2D eigenvalue weighted by Gasteiger charge is 2.30. The van der Waals surface area contributed by atoms with Crippen LogP contribution in [0.5, 0.6) is 0 Å². The second kappa shape index (κ2) is 9.86. The van der Waals surface area contributed by atoms with Gasteiger partial charge in [0.25, 0.3) is 0 Å². The fourth-order valence-electron chi connectivity index (χ4n) is 3.27. The molecule has 168 valence electrons. The van der Waals surface area contributed by atoms with Crippen molar-refractivity contribution in [3.63, 3.8) is 0 Å². The van der Waals surface area contributed by atoms with Crippen molar-refractivity contribution in [2.75, 3.05) is 0 Å². The van der Waals surface area contributed by atoms with Crippen LogP contribution in [-0.4, -0.2) is 48.4 Å². The monoisotopic (exact) mass is 504 g/mol. The molecule has 1 rings (SSSR count). The SMILES string of the molecule is C[Si]1(C)C#C[Si](C)(C)CC[Si](C)(C)C#C[Si](C)(C)CC[Si](C)(C)C#C[Si](C)(C)CC1. The van der Waals surface area contributed by atoms with Crippen molar-refractivity contribution in [3.05, 3.63) is 0 Å². The highest BCUT2D eigenvalue weighted by atomic mass is 28.3. The molecule has 0 nitrogen and oxygen atoms in total. The van der Waals surface area contributed by atoms with E-state index < -0.39 is 48.4 Å². The minimum atomic E-state index is -1.46. The third-order valence-electron chi connectivity index (χ3n) is 6.34. The molecule has 0 aromatic heterocycles. The standard InChI is InChI=1S/C24H48Si6/c1-25(2)13-15-26(3,4)17-19-28(7,8)21-23-30(11,12)24-22-29(9,10)20-18-27(5,6)16-14-25/h13,15,18,20-21,23H2,1-12H3. The summed E-state index contributed by atoms with van der Waals surface area (Å²) >= 11 is 0. The van der Waals surface area contributed by atoms with E-state index in [1.807, 2.05) is 0 Å². The predicted molar refractivity (Wildman–Crippen MR) is 157 cm³/mol. The first-order chi connectivity index (χ1) is 13.2. The minimum Gasteiger partial charge on any atom is -0.139 e. The Morgan fingerprint density at radius 1 is 0.267 bits per heavy atom. The molecule has 6 heteroatoms. The molecule has 0 aromatic carbocycles. The predicted octanol–water partition coefficient (Wildman–Crippen LogP) is 7.50. The van der Waals surface area contributed by atoms with Crippen LogP contribution in [0.25, 0.3) is 0 Å². The Bertz CT molecular complexity index is 628. The van der Waals surface area contributed by atoms with E-state index in [0.717, 1.165) is 0 Å². The molecule has 0 spiro atoms. The maximum Gasteiger partial charge on any atom is 0.131 e. The lowest BCUT2D eigenvalue weighted by Gasteiger charge is -2.25. The van der Waals surface area contributed by atoms with E-state index in [-0.39, 0.29) is 0 Å². The third kappa shape index (κ3) is 11.6. The zero-order valence-electron chi connectivity index (χ0n) is 22.2. The van der Waals surface area contributed by atoms with E-state index in [9.17, 15) is 0 Å². The Balaban J connectivity index is 3.30. The summed E-state index contributed by atoms with van der Waals surface area (Å²) in [7, 11) is -8.78. The topological polar surface area (TPSA) is 0 Å².